The maximum atomic E-state index is 5.24. The van der Waals surface area contributed by atoms with Crippen LogP contribution in [0.4, 0.5) is 0 Å². The van der Waals surface area contributed by atoms with E-state index in [0.29, 0.717) is 6.04 Å². The van der Waals surface area contributed by atoms with Gasteiger partial charge in [0.1, 0.15) is 5.75 Å². The first-order valence-corrected chi connectivity index (χ1v) is 7.99. The van der Waals surface area contributed by atoms with Crippen LogP contribution in [0.5, 0.6) is 5.75 Å². The second kappa shape index (κ2) is 7.05. The van der Waals surface area contributed by atoms with E-state index in [1.165, 1.54) is 31.2 Å². The van der Waals surface area contributed by atoms with E-state index in [4.69, 9.17) is 4.74 Å². The first-order valence-electron chi connectivity index (χ1n) is 6.71. The van der Waals surface area contributed by atoms with Gasteiger partial charge in [-0.15, -0.1) is 0 Å². The lowest BCUT2D eigenvalue weighted by Gasteiger charge is -2.28. The Labute approximate surface area is 114 Å². The second-order valence-corrected chi connectivity index (χ2v) is 6.08. The minimum Gasteiger partial charge on any atom is -0.497 e. The van der Waals surface area contributed by atoms with Crippen LogP contribution < -0.4 is 10.1 Å². The summed E-state index contributed by atoms with van der Waals surface area (Å²) in [5.74, 6) is 0.945. The van der Waals surface area contributed by atoms with Gasteiger partial charge < -0.3 is 10.1 Å². The van der Waals surface area contributed by atoms with Gasteiger partial charge >= 0.3 is 0 Å². The quantitative estimate of drug-likeness (QED) is 0.881. The van der Waals surface area contributed by atoms with E-state index >= 15 is 0 Å². The minimum atomic E-state index is 0.694. The van der Waals surface area contributed by atoms with Gasteiger partial charge in [-0.1, -0.05) is 12.1 Å². The zero-order valence-electron chi connectivity index (χ0n) is 11.3. The van der Waals surface area contributed by atoms with Crippen molar-refractivity contribution in [1.82, 2.24) is 5.32 Å². The third-order valence-electron chi connectivity index (χ3n) is 3.74. The maximum absolute atomic E-state index is 5.24. The molecule has 3 heteroatoms. The van der Waals surface area contributed by atoms with Crippen molar-refractivity contribution >= 4 is 11.8 Å². The molecule has 1 N–H and O–H groups in total. The molecule has 0 aromatic heterocycles. The van der Waals surface area contributed by atoms with Crippen LogP contribution in [0.3, 0.4) is 0 Å². The summed E-state index contributed by atoms with van der Waals surface area (Å²) in [6.07, 6.45) is 7.58. The van der Waals surface area contributed by atoms with Gasteiger partial charge in [0, 0.05) is 17.8 Å². The van der Waals surface area contributed by atoms with E-state index in [2.05, 4.69) is 29.8 Å². The fourth-order valence-corrected chi connectivity index (χ4v) is 3.29. The highest BCUT2D eigenvalue weighted by molar-refractivity contribution is 7.99. The molecule has 2 nitrogen and oxygen atoms in total. The maximum Gasteiger partial charge on any atom is 0.119 e. The second-order valence-electron chi connectivity index (χ2n) is 4.94. The lowest BCUT2D eigenvalue weighted by Crippen LogP contribution is -2.33. The standard InChI is InChI=1S/C15H23NOS/c1-17-14-5-3-4-12(10-14)11-16-13-6-8-15(18-2)9-7-13/h3-5,10,13,15-16H,6-9,11H2,1-2H3. The van der Waals surface area contributed by atoms with Gasteiger partial charge in [-0.2, -0.15) is 11.8 Å². The summed E-state index contributed by atoms with van der Waals surface area (Å²) in [5, 5.41) is 4.56. The third-order valence-corrected chi connectivity index (χ3v) is 4.87. The molecule has 0 heterocycles. The highest BCUT2D eigenvalue weighted by Crippen LogP contribution is 2.27. The summed E-state index contributed by atoms with van der Waals surface area (Å²) in [6, 6.07) is 9.01. The van der Waals surface area contributed by atoms with Gasteiger partial charge in [0.25, 0.3) is 0 Å². The van der Waals surface area contributed by atoms with Gasteiger partial charge in [0.05, 0.1) is 7.11 Å². The van der Waals surface area contributed by atoms with Gasteiger partial charge in [-0.25, -0.2) is 0 Å². The van der Waals surface area contributed by atoms with Crippen LogP contribution in [0.2, 0.25) is 0 Å². The molecule has 0 bridgehead atoms. The molecule has 0 radical (unpaired) electrons. The van der Waals surface area contributed by atoms with Crippen molar-refractivity contribution in [2.45, 2.75) is 43.5 Å². The molecule has 0 spiro atoms. The molecule has 18 heavy (non-hydrogen) atoms. The Kier molecular flexibility index (Phi) is 5.39. The Hall–Kier alpha value is -0.670. The van der Waals surface area contributed by atoms with Crippen LogP contribution in [0.15, 0.2) is 24.3 Å². The van der Waals surface area contributed by atoms with E-state index < -0.39 is 0 Å². The van der Waals surface area contributed by atoms with Crippen LogP contribution in [-0.4, -0.2) is 24.7 Å². The highest BCUT2D eigenvalue weighted by atomic mass is 32.2. The Bertz CT molecular complexity index is 361. The van der Waals surface area contributed by atoms with Crippen LogP contribution in [0.1, 0.15) is 31.2 Å². The van der Waals surface area contributed by atoms with Gasteiger partial charge in [0.2, 0.25) is 0 Å². The van der Waals surface area contributed by atoms with Crippen LogP contribution in [0, 0.1) is 0 Å². The summed E-state index contributed by atoms with van der Waals surface area (Å²) < 4.78 is 5.24. The Morgan fingerprint density at radius 1 is 1.28 bits per heavy atom. The average molecular weight is 265 g/mol. The minimum absolute atomic E-state index is 0.694. The van der Waals surface area contributed by atoms with Crippen molar-refractivity contribution < 1.29 is 4.74 Å². The molecule has 1 aliphatic rings. The first kappa shape index (κ1) is 13.8. The zero-order chi connectivity index (χ0) is 12.8. The summed E-state index contributed by atoms with van der Waals surface area (Å²) >= 11 is 2.02. The number of ether oxygens (including phenoxy) is 1. The van der Waals surface area contributed by atoms with Crippen molar-refractivity contribution in [2.75, 3.05) is 13.4 Å². The van der Waals surface area contributed by atoms with E-state index in [1.807, 2.05) is 17.8 Å². The monoisotopic (exact) mass is 265 g/mol. The fraction of sp³-hybridized carbons (Fsp3) is 0.600. The molecule has 0 atom stereocenters. The number of hydrogen-bond acceptors (Lipinski definition) is 3. The number of rotatable bonds is 5. The number of benzene rings is 1. The fourth-order valence-electron chi connectivity index (χ4n) is 2.55. The SMILES string of the molecule is COc1cccc(CNC2CCC(SC)CC2)c1. The topological polar surface area (TPSA) is 21.3 Å². The summed E-state index contributed by atoms with van der Waals surface area (Å²) in [5.41, 5.74) is 1.31. The number of nitrogens with one attached hydrogen (secondary N) is 1. The van der Waals surface area contributed by atoms with Crippen LogP contribution in [0.25, 0.3) is 0 Å². The zero-order valence-corrected chi connectivity index (χ0v) is 12.1. The van der Waals surface area contributed by atoms with Gasteiger partial charge in [-0.05, 0) is 49.6 Å². The van der Waals surface area contributed by atoms with Crippen LogP contribution >= 0.6 is 11.8 Å². The van der Waals surface area contributed by atoms with Crippen molar-refractivity contribution in [3.63, 3.8) is 0 Å². The lowest BCUT2D eigenvalue weighted by atomic mass is 9.95. The molecular weight excluding hydrogens is 242 g/mol. The predicted octanol–water partition coefficient (Wildman–Crippen LogP) is 3.46. The number of methoxy groups -OCH3 is 1. The van der Waals surface area contributed by atoms with Crippen molar-refractivity contribution in [3.8, 4) is 5.75 Å². The molecule has 0 unspecified atom stereocenters. The van der Waals surface area contributed by atoms with Crippen molar-refractivity contribution in [2.24, 2.45) is 0 Å². The molecule has 1 aromatic carbocycles. The Morgan fingerprint density at radius 2 is 2.06 bits per heavy atom. The number of hydrogen-bond donors (Lipinski definition) is 1. The third kappa shape index (κ3) is 3.92. The average Bonchev–Trinajstić information content (AvgIpc) is 2.46. The van der Waals surface area contributed by atoms with E-state index in [0.717, 1.165) is 17.5 Å². The van der Waals surface area contributed by atoms with Crippen LogP contribution in [-0.2, 0) is 6.54 Å². The smallest absolute Gasteiger partial charge is 0.119 e. The molecule has 1 fully saturated rings. The van der Waals surface area contributed by atoms with Gasteiger partial charge in [0.15, 0.2) is 0 Å². The van der Waals surface area contributed by atoms with E-state index in [9.17, 15) is 0 Å². The van der Waals surface area contributed by atoms with Crippen molar-refractivity contribution in [3.05, 3.63) is 29.8 Å². The van der Waals surface area contributed by atoms with Crippen molar-refractivity contribution in [1.29, 1.82) is 0 Å². The predicted molar refractivity (Wildman–Crippen MR) is 79.4 cm³/mol. The van der Waals surface area contributed by atoms with E-state index in [-0.39, 0.29) is 0 Å². The molecule has 1 saturated carbocycles. The molecule has 0 saturated heterocycles. The van der Waals surface area contributed by atoms with E-state index in [1.54, 1.807) is 7.11 Å². The molecule has 2 rings (SSSR count). The Balaban J connectivity index is 1.77. The summed E-state index contributed by atoms with van der Waals surface area (Å²) in [6.45, 7) is 0.950. The molecular formula is C15H23NOS. The molecule has 1 aromatic rings. The lowest BCUT2D eigenvalue weighted by molar-refractivity contribution is 0.378. The molecule has 1 aliphatic carbocycles. The molecule has 0 amide bonds. The molecule has 100 valence electrons. The first-order chi connectivity index (χ1) is 8.81. The Morgan fingerprint density at radius 3 is 2.72 bits per heavy atom. The highest BCUT2D eigenvalue weighted by Gasteiger charge is 2.19. The number of thioether (sulfide) groups is 1. The van der Waals surface area contributed by atoms with Gasteiger partial charge in [-0.3, -0.25) is 0 Å². The largest absolute Gasteiger partial charge is 0.497 e. The normalized spacial score (nSPS) is 23.9. The summed E-state index contributed by atoms with van der Waals surface area (Å²) in [7, 11) is 1.72. The molecule has 0 aliphatic heterocycles. The summed E-state index contributed by atoms with van der Waals surface area (Å²) in [4.78, 5) is 0.